The van der Waals surface area contributed by atoms with Gasteiger partial charge in [-0.25, -0.2) is 4.98 Å². The van der Waals surface area contributed by atoms with Crippen molar-refractivity contribution in [1.29, 1.82) is 0 Å². The van der Waals surface area contributed by atoms with Crippen LogP contribution in [0.1, 0.15) is 10.4 Å². The lowest BCUT2D eigenvalue weighted by Gasteiger charge is -2.08. The number of hydrogen-bond acceptors (Lipinski definition) is 7. The van der Waals surface area contributed by atoms with Crippen molar-refractivity contribution in [2.75, 3.05) is 5.75 Å². The molecular weight excluding hydrogens is 282 g/mol. The third-order valence-corrected chi connectivity index (χ3v) is 5.12. The van der Waals surface area contributed by atoms with Gasteiger partial charge >= 0.3 is 0 Å². The maximum absolute atomic E-state index is 5.31. The fourth-order valence-corrected chi connectivity index (χ4v) is 4.28. The second-order valence-corrected chi connectivity index (χ2v) is 6.36. The van der Waals surface area contributed by atoms with Crippen molar-refractivity contribution >= 4 is 23.1 Å². The normalized spacial score (nSPS) is 14.5. The van der Waals surface area contributed by atoms with Crippen LogP contribution in [0.3, 0.4) is 0 Å². The maximum Gasteiger partial charge on any atom is 0.268 e. The molecule has 0 aromatic carbocycles. The van der Waals surface area contributed by atoms with E-state index in [2.05, 4.69) is 31.4 Å². The zero-order valence-electron chi connectivity index (χ0n) is 9.79. The van der Waals surface area contributed by atoms with Crippen LogP contribution >= 0.6 is 23.1 Å². The zero-order chi connectivity index (χ0) is 12.7. The van der Waals surface area contributed by atoms with Crippen LogP contribution in [0, 0.1) is 0 Å². The summed E-state index contributed by atoms with van der Waals surface area (Å²) in [7, 11) is 0. The highest BCUT2D eigenvalue weighted by Crippen LogP contribution is 2.36. The van der Waals surface area contributed by atoms with Gasteiger partial charge in [0.25, 0.3) is 5.89 Å². The Labute approximate surface area is 116 Å². The largest absolute Gasteiger partial charge is 0.333 e. The topological polar surface area (TPSA) is 80.5 Å². The van der Waals surface area contributed by atoms with E-state index in [1.54, 1.807) is 11.3 Å². The van der Waals surface area contributed by atoms with E-state index < -0.39 is 0 Å². The highest BCUT2D eigenvalue weighted by molar-refractivity contribution is 7.98. The number of rotatable bonds is 2. The first-order chi connectivity index (χ1) is 9.40. The lowest BCUT2D eigenvalue weighted by atomic mass is 10.2. The number of nitrogens with one attached hydrogen (secondary N) is 1. The molecule has 0 fully saturated rings. The number of hydrogen-bond donors (Lipinski definition) is 1. The van der Waals surface area contributed by atoms with Crippen LogP contribution in [0.15, 0.2) is 16.9 Å². The minimum Gasteiger partial charge on any atom is -0.333 e. The Balaban J connectivity index is 1.71. The summed E-state index contributed by atoms with van der Waals surface area (Å²) in [4.78, 5) is 10.8. The molecule has 1 aliphatic rings. The number of H-pyrrole nitrogens is 1. The molecule has 4 rings (SSSR count). The SMILES string of the molecule is c1n[nH]c(-c2noc(-c3cc4c(s3)CCSC4)n2)n1. The second kappa shape index (κ2) is 4.46. The molecule has 3 aromatic rings. The molecule has 0 atom stereocenters. The van der Waals surface area contributed by atoms with Gasteiger partial charge in [-0.15, -0.1) is 11.3 Å². The van der Waals surface area contributed by atoms with E-state index in [1.165, 1.54) is 22.5 Å². The second-order valence-electron chi connectivity index (χ2n) is 4.12. The first kappa shape index (κ1) is 11.2. The summed E-state index contributed by atoms with van der Waals surface area (Å²) in [5, 5.41) is 10.4. The van der Waals surface area contributed by atoms with Crippen LogP contribution < -0.4 is 0 Å². The first-order valence-electron chi connectivity index (χ1n) is 5.79. The summed E-state index contributed by atoms with van der Waals surface area (Å²) in [5.41, 5.74) is 1.40. The van der Waals surface area contributed by atoms with Crippen molar-refractivity contribution in [3.8, 4) is 22.4 Å². The molecular formula is C11H9N5OS2. The molecule has 0 saturated heterocycles. The van der Waals surface area contributed by atoms with Gasteiger partial charge in [-0.1, -0.05) is 5.16 Å². The standard InChI is InChI=1S/C11H9N5OS2/c1-2-18-4-6-3-8(19-7(1)6)11-14-10(16-17-11)9-12-5-13-15-9/h3,5H,1-2,4H2,(H,12,13,15). The number of fused-ring (bicyclic) bond motifs is 1. The third-order valence-electron chi connectivity index (χ3n) is 2.89. The van der Waals surface area contributed by atoms with Crippen molar-refractivity contribution in [2.45, 2.75) is 12.2 Å². The Bertz CT molecular complexity index is 679. The van der Waals surface area contributed by atoms with E-state index >= 15 is 0 Å². The Morgan fingerprint density at radius 2 is 2.37 bits per heavy atom. The molecule has 0 aliphatic carbocycles. The predicted octanol–water partition coefficient (Wildman–Crippen LogP) is 2.37. The molecule has 0 radical (unpaired) electrons. The number of aromatic nitrogens is 5. The fourth-order valence-electron chi connectivity index (χ4n) is 1.99. The third kappa shape index (κ3) is 1.96. The summed E-state index contributed by atoms with van der Waals surface area (Å²) in [6, 6.07) is 2.16. The summed E-state index contributed by atoms with van der Waals surface area (Å²) in [5.74, 6) is 3.78. The highest BCUT2D eigenvalue weighted by atomic mass is 32.2. The van der Waals surface area contributed by atoms with Crippen molar-refractivity contribution in [3.63, 3.8) is 0 Å². The molecule has 1 aliphatic heterocycles. The van der Waals surface area contributed by atoms with Crippen LogP contribution in [0.2, 0.25) is 0 Å². The number of thiophene rings is 1. The summed E-state index contributed by atoms with van der Waals surface area (Å²) < 4.78 is 5.31. The lowest BCUT2D eigenvalue weighted by Crippen LogP contribution is -1.96. The van der Waals surface area contributed by atoms with Gasteiger partial charge in [0.15, 0.2) is 5.82 Å². The van der Waals surface area contributed by atoms with Gasteiger partial charge in [-0.2, -0.15) is 21.8 Å². The molecule has 0 saturated carbocycles. The Kier molecular flexibility index (Phi) is 2.63. The molecule has 1 N–H and O–H groups in total. The molecule has 6 nitrogen and oxygen atoms in total. The quantitative estimate of drug-likeness (QED) is 0.780. The number of aromatic amines is 1. The van der Waals surface area contributed by atoms with E-state index in [1.807, 2.05) is 11.8 Å². The molecule has 0 bridgehead atoms. The monoisotopic (exact) mass is 291 g/mol. The van der Waals surface area contributed by atoms with E-state index in [9.17, 15) is 0 Å². The smallest absolute Gasteiger partial charge is 0.268 e. The van der Waals surface area contributed by atoms with Crippen molar-refractivity contribution in [3.05, 3.63) is 22.8 Å². The minimum atomic E-state index is 0.438. The van der Waals surface area contributed by atoms with Gasteiger partial charge in [0.2, 0.25) is 5.82 Å². The van der Waals surface area contributed by atoms with Gasteiger partial charge in [0.05, 0.1) is 4.88 Å². The van der Waals surface area contributed by atoms with Crippen LogP contribution in [-0.4, -0.2) is 31.1 Å². The fraction of sp³-hybridized carbons (Fsp3) is 0.273. The summed E-state index contributed by atoms with van der Waals surface area (Å²) in [6.45, 7) is 0. The van der Waals surface area contributed by atoms with E-state index in [0.717, 1.165) is 17.1 Å². The minimum absolute atomic E-state index is 0.438. The van der Waals surface area contributed by atoms with Crippen molar-refractivity contribution in [2.24, 2.45) is 0 Å². The van der Waals surface area contributed by atoms with Crippen LogP contribution in [0.5, 0.6) is 0 Å². The van der Waals surface area contributed by atoms with Gasteiger partial charge in [0.1, 0.15) is 6.33 Å². The van der Waals surface area contributed by atoms with E-state index in [4.69, 9.17) is 4.52 Å². The molecule has 0 spiro atoms. The number of nitrogens with zero attached hydrogens (tertiary/aromatic N) is 4. The first-order valence-corrected chi connectivity index (χ1v) is 7.76. The van der Waals surface area contributed by atoms with E-state index in [0.29, 0.717) is 17.5 Å². The van der Waals surface area contributed by atoms with Gasteiger partial charge in [-0.3, -0.25) is 5.10 Å². The van der Waals surface area contributed by atoms with Crippen molar-refractivity contribution < 1.29 is 4.52 Å². The Morgan fingerprint density at radius 3 is 3.21 bits per heavy atom. The predicted molar refractivity (Wildman–Crippen MR) is 72.9 cm³/mol. The average Bonchev–Trinajstić information content (AvgIpc) is 3.17. The van der Waals surface area contributed by atoms with Gasteiger partial charge in [-0.05, 0) is 23.8 Å². The molecule has 96 valence electrons. The summed E-state index contributed by atoms with van der Waals surface area (Å²) in [6.07, 6.45) is 2.56. The number of thioether (sulfide) groups is 1. The van der Waals surface area contributed by atoms with Crippen LogP contribution in [0.25, 0.3) is 22.4 Å². The Morgan fingerprint density at radius 1 is 1.37 bits per heavy atom. The number of aryl methyl sites for hydroxylation is 1. The van der Waals surface area contributed by atoms with E-state index in [-0.39, 0.29) is 0 Å². The molecule has 8 heteroatoms. The molecule has 3 aromatic heterocycles. The summed E-state index contributed by atoms with van der Waals surface area (Å²) >= 11 is 3.71. The maximum atomic E-state index is 5.31. The molecule has 0 amide bonds. The van der Waals surface area contributed by atoms with Gasteiger partial charge < -0.3 is 4.52 Å². The van der Waals surface area contributed by atoms with Gasteiger partial charge in [0, 0.05) is 10.6 Å². The van der Waals surface area contributed by atoms with Crippen LogP contribution in [-0.2, 0) is 12.2 Å². The average molecular weight is 291 g/mol. The molecule has 19 heavy (non-hydrogen) atoms. The Hall–Kier alpha value is -1.67. The lowest BCUT2D eigenvalue weighted by molar-refractivity contribution is 0.433. The van der Waals surface area contributed by atoms with Crippen LogP contribution in [0.4, 0.5) is 0 Å². The molecule has 4 heterocycles. The van der Waals surface area contributed by atoms with Crippen molar-refractivity contribution in [1.82, 2.24) is 25.3 Å². The highest BCUT2D eigenvalue weighted by Gasteiger charge is 2.19. The molecule has 0 unspecified atom stereocenters. The zero-order valence-corrected chi connectivity index (χ0v) is 11.4.